The first-order valence-electron chi connectivity index (χ1n) is 8.28. The molecule has 7 heteroatoms. The van der Waals surface area contributed by atoms with E-state index >= 15 is 0 Å². The highest BCUT2D eigenvalue weighted by atomic mass is 32.2. The molecule has 0 bridgehead atoms. The van der Waals surface area contributed by atoms with Gasteiger partial charge in [-0.1, -0.05) is 17.7 Å². The third-order valence-corrected chi connectivity index (χ3v) is 10.9. The number of hydrogen-bond donors (Lipinski definition) is 0. The van der Waals surface area contributed by atoms with Gasteiger partial charge in [-0.05, 0) is 56.7 Å². The number of benzene rings is 1. The van der Waals surface area contributed by atoms with Crippen LogP contribution >= 0.6 is 23.5 Å². The molecule has 3 rings (SSSR count). The molecule has 0 radical (unpaired) electrons. The van der Waals surface area contributed by atoms with Crippen molar-refractivity contribution in [2.75, 3.05) is 25.2 Å². The van der Waals surface area contributed by atoms with Crippen molar-refractivity contribution >= 4 is 33.5 Å². The van der Waals surface area contributed by atoms with Crippen molar-refractivity contribution in [1.82, 2.24) is 4.31 Å². The summed E-state index contributed by atoms with van der Waals surface area (Å²) in [4.78, 5) is 0.375. The Morgan fingerprint density at radius 3 is 2.33 bits per heavy atom. The average molecular weight is 388 g/mol. The van der Waals surface area contributed by atoms with Crippen molar-refractivity contribution in [3.05, 3.63) is 29.8 Å². The summed E-state index contributed by atoms with van der Waals surface area (Å²) in [6.07, 6.45) is 2.80. The quantitative estimate of drug-likeness (QED) is 0.791. The Balaban J connectivity index is 2.08. The van der Waals surface area contributed by atoms with Crippen LogP contribution in [0.5, 0.6) is 0 Å². The molecule has 2 aliphatic heterocycles. The van der Waals surface area contributed by atoms with Gasteiger partial charge in [-0.15, -0.1) is 23.5 Å². The molecule has 0 aliphatic carbocycles. The first kappa shape index (κ1) is 18.6. The zero-order valence-corrected chi connectivity index (χ0v) is 16.9. The number of thioether (sulfide) groups is 2. The number of nitrogens with zero attached hydrogens (tertiary/aromatic N) is 1. The van der Waals surface area contributed by atoms with Gasteiger partial charge in [0.05, 0.1) is 4.90 Å². The second-order valence-corrected chi connectivity index (χ2v) is 11.3. The lowest BCUT2D eigenvalue weighted by atomic mass is 9.95. The van der Waals surface area contributed by atoms with Gasteiger partial charge in [0.25, 0.3) is 0 Å². The number of methoxy groups -OCH3 is 1. The van der Waals surface area contributed by atoms with E-state index in [-0.39, 0.29) is 0 Å². The Kier molecular flexibility index (Phi) is 5.29. The molecule has 1 spiro atoms. The molecule has 134 valence electrons. The van der Waals surface area contributed by atoms with E-state index in [9.17, 15) is 8.42 Å². The molecule has 0 saturated carbocycles. The normalized spacial score (nSPS) is 28.1. The van der Waals surface area contributed by atoms with E-state index in [4.69, 9.17) is 4.74 Å². The smallest absolute Gasteiger partial charge is 0.245 e. The van der Waals surface area contributed by atoms with Crippen LogP contribution in [0.15, 0.2) is 29.2 Å². The van der Waals surface area contributed by atoms with Crippen LogP contribution in [-0.4, -0.2) is 47.7 Å². The van der Waals surface area contributed by atoms with E-state index in [0.717, 1.165) is 36.3 Å². The largest absolute Gasteiger partial charge is 0.375 e. The third-order valence-electron chi connectivity index (χ3n) is 4.96. The van der Waals surface area contributed by atoms with Crippen LogP contribution in [0.3, 0.4) is 0 Å². The van der Waals surface area contributed by atoms with Gasteiger partial charge in [0.2, 0.25) is 10.0 Å². The van der Waals surface area contributed by atoms with Crippen molar-refractivity contribution in [3.8, 4) is 0 Å². The van der Waals surface area contributed by atoms with Crippen LogP contribution in [0, 0.1) is 6.92 Å². The molecule has 0 N–H and O–H groups in total. The molecule has 4 nitrogen and oxygen atoms in total. The highest BCUT2D eigenvalue weighted by Gasteiger charge is 2.60. The average Bonchev–Trinajstić information content (AvgIpc) is 2.58. The third kappa shape index (κ3) is 2.92. The molecule has 0 amide bonds. The number of piperidine rings is 1. The molecule has 1 aromatic rings. The molecule has 2 heterocycles. The Labute approximate surface area is 153 Å². The maximum atomic E-state index is 13.4. The highest BCUT2D eigenvalue weighted by Crippen LogP contribution is 2.57. The van der Waals surface area contributed by atoms with E-state index in [1.807, 2.05) is 19.1 Å². The summed E-state index contributed by atoms with van der Waals surface area (Å²) in [6.45, 7) is 4.58. The minimum absolute atomic E-state index is 0.375. The summed E-state index contributed by atoms with van der Waals surface area (Å²) < 4.78 is 33.9. The Morgan fingerprint density at radius 1 is 1.12 bits per heavy atom. The fourth-order valence-electron chi connectivity index (χ4n) is 3.45. The van der Waals surface area contributed by atoms with Crippen molar-refractivity contribution in [2.45, 2.75) is 47.8 Å². The Bertz CT molecular complexity index is 684. The van der Waals surface area contributed by atoms with Gasteiger partial charge in [-0.3, -0.25) is 0 Å². The maximum absolute atomic E-state index is 13.4. The lowest BCUT2D eigenvalue weighted by Crippen LogP contribution is -2.65. The Morgan fingerprint density at radius 2 is 1.75 bits per heavy atom. The van der Waals surface area contributed by atoms with Crippen LogP contribution in [0.2, 0.25) is 0 Å². The van der Waals surface area contributed by atoms with Gasteiger partial charge in [-0.25, -0.2) is 8.42 Å². The van der Waals surface area contributed by atoms with Crippen molar-refractivity contribution in [3.63, 3.8) is 0 Å². The Hall–Kier alpha value is -0.210. The number of rotatable bonds is 3. The fourth-order valence-corrected chi connectivity index (χ4v) is 9.56. The predicted octanol–water partition coefficient (Wildman–Crippen LogP) is 3.71. The number of hydrogen-bond acceptors (Lipinski definition) is 5. The monoisotopic (exact) mass is 387 g/mol. The first-order chi connectivity index (χ1) is 11.4. The van der Waals surface area contributed by atoms with Crippen molar-refractivity contribution < 1.29 is 13.2 Å². The van der Waals surface area contributed by atoms with Crippen LogP contribution in [0.25, 0.3) is 0 Å². The zero-order valence-electron chi connectivity index (χ0n) is 14.4. The predicted molar refractivity (Wildman–Crippen MR) is 102 cm³/mol. The fraction of sp³-hybridized carbons (Fsp3) is 0.647. The highest BCUT2D eigenvalue weighted by molar-refractivity contribution is 8.19. The zero-order chi connectivity index (χ0) is 17.4. The standard InChI is InChI=1S/C17H25NO3S3/c1-14-6-8-15(9-7-14)24(19,20)18-11-4-10-16(2,21-3)17(18)22-12-5-13-23-17/h6-9H,4-5,10-13H2,1-3H3. The summed E-state index contributed by atoms with van der Waals surface area (Å²) in [5.41, 5.74) is 0.573. The van der Waals surface area contributed by atoms with Gasteiger partial charge in [0.15, 0.2) is 4.20 Å². The van der Waals surface area contributed by atoms with Gasteiger partial charge in [0, 0.05) is 13.7 Å². The molecule has 1 aromatic carbocycles. The van der Waals surface area contributed by atoms with Gasteiger partial charge in [-0.2, -0.15) is 4.31 Å². The van der Waals surface area contributed by atoms with Crippen molar-refractivity contribution in [1.29, 1.82) is 0 Å². The lowest BCUT2D eigenvalue weighted by molar-refractivity contribution is -0.0557. The second-order valence-electron chi connectivity index (χ2n) is 6.56. The van der Waals surface area contributed by atoms with Crippen LogP contribution < -0.4 is 0 Å². The SMILES string of the molecule is COC1(C)CCCN(S(=O)(=O)c2ccc(C)cc2)C12SCCCS2. The van der Waals surface area contributed by atoms with E-state index < -0.39 is 19.8 Å². The molecule has 0 aromatic heterocycles. The topological polar surface area (TPSA) is 46.6 Å². The molecule has 1 unspecified atom stereocenters. The summed E-state index contributed by atoms with van der Waals surface area (Å²) in [6, 6.07) is 7.16. The molecular formula is C17H25NO3S3. The summed E-state index contributed by atoms with van der Waals surface area (Å²) in [7, 11) is -1.85. The minimum Gasteiger partial charge on any atom is -0.375 e. The summed E-state index contributed by atoms with van der Waals surface area (Å²) in [5, 5.41) is 0. The molecule has 2 aliphatic rings. The maximum Gasteiger partial charge on any atom is 0.245 e. The van der Waals surface area contributed by atoms with Gasteiger partial charge < -0.3 is 4.74 Å². The summed E-state index contributed by atoms with van der Waals surface area (Å²) in [5.74, 6) is 1.93. The van der Waals surface area contributed by atoms with Crippen LogP contribution in [-0.2, 0) is 14.8 Å². The molecular weight excluding hydrogens is 362 g/mol. The molecule has 1 atom stereocenters. The molecule has 2 fully saturated rings. The van der Waals surface area contributed by atoms with Gasteiger partial charge in [0.1, 0.15) is 5.60 Å². The lowest BCUT2D eigenvalue weighted by Gasteiger charge is -2.56. The summed E-state index contributed by atoms with van der Waals surface area (Å²) >= 11 is 3.47. The number of ether oxygens (including phenoxy) is 1. The molecule has 24 heavy (non-hydrogen) atoms. The number of sulfonamides is 1. The van der Waals surface area contributed by atoms with E-state index in [1.165, 1.54) is 0 Å². The van der Waals surface area contributed by atoms with E-state index in [1.54, 1.807) is 47.1 Å². The van der Waals surface area contributed by atoms with Gasteiger partial charge >= 0.3 is 0 Å². The van der Waals surface area contributed by atoms with E-state index in [2.05, 4.69) is 6.92 Å². The number of aryl methyl sites for hydroxylation is 1. The van der Waals surface area contributed by atoms with E-state index in [0.29, 0.717) is 11.4 Å². The molecule has 2 saturated heterocycles. The van der Waals surface area contributed by atoms with Crippen LogP contribution in [0.4, 0.5) is 0 Å². The first-order valence-corrected chi connectivity index (χ1v) is 11.7. The minimum atomic E-state index is -3.56. The van der Waals surface area contributed by atoms with Crippen molar-refractivity contribution in [2.24, 2.45) is 0 Å². The van der Waals surface area contributed by atoms with Crippen LogP contribution in [0.1, 0.15) is 31.7 Å². The second kappa shape index (κ2) is 6.83.